The molecule has 0 unspecified atom stereocenters. The Morgan fingerprint density at radius 1 is 1.41 bits per heavy atom. The first-order chi connectivity index (χ1) is 8.12. The largest absolute Gasteiger partial charge is 0.471 e. The zero-order chi connectivity index (χ0) is 12.8. The van der Waals surface area contributed by atoms with E-state index in [-0.39, 0.29) is 6.61 Å². The lowest BCUT2D eigenvalue weighted by Gasteiger charge is -2.12. The van der Waals surface area contributed by atoms with Crippen LogP contribution in [0.3, 0.4) is 0 Å². The first-order valence-electron chi connectivity index (χ1n) is 4.93. The molecule has 0 N–H and O–H groups in total. The molecule has 1 rings (SSSR count). The zero-order valence-corrected chi connectivity index (χ0v) is 10.3. The van der Waals surface area contributed by atoms with E-state index in [4.69, 9.17) is 14.2 Å². The van der Waals surface area contributed by atoms with Crippen molar-refractivity contribution in [1.82, 2.24) is 9.78 Å². The SMILES string of the molecule is COC(=O)c1cc(OCC(OC)OC)nn1C. The molecule has 0 atom stereocenters. The fraction of sp³-hybridized carbons (Fsp3) is 0.600. The van der Waals surface area contributed by atoms with E-state index in [1.54, 1.807) is 7.05 Å². The molecule has 0 fully saturated rings. The summed E-state index contributed by atoms with van der Waals surface area (Å²) in [4.78, 5) is 11.3. The van der Waals surface area contributed by atoms with Crippen LogP contribution in [0.4, 0.5) is 0 Å². The third-order valence-electron chi connectivity index (χ3n) is 2.15. The molecule has 0 aliphatic rings. The van der Waals surface area contributed by atoms with Gasteiger partial charge in [0.05, 0.1) is 7.11 Å². The number of ether oxygens (including phenoxy) is 4. The van der Waals surface area contributed by atoms with Crippen LogP contribution >= 0.6 is 0 Å². The molecule has 0 radical (unpaired) electrons. The first-order valence-corrected chi connectivity index (χ1v) is 4.93. The molecule has 0 aliphatic carbocycles. The second-order valence-electron chi connectivity index (χ2n) is 3.19. The Labute approximate surface area is 99.2 Å². The Kier molecular flexibility index (Phi) is 4.92. The third kappa shape index (κ3) is 3.43. The lowest BCUT2D eigenvalue weighted by atomic mass is 10.4. The van der Waals surface area contributed by atoms with Crippen LogP contribution in [-0.4, -0.2) is 50.0 Å². The summed E-state index contributed by atoms with van der Waals surface area (Å²) in [5, 5.41) is 4.00. The van der Waals surface area contributed by atoms with Gasteiger partial charge >= 0.3 is 5.97 Å². The van der Waals surface area contributed by atoms with Crippen LogP contribution in [0, 0.1) is 0 Å². The van der Waals surface area contributed by atoms with Gasteiger partial charge in [0, 0.05) is 27.3 Å². The molecule has 7 heteroatoms. The molecular formula is C10H16N2O5. The predicted octanol–water partition coefficient (Wildman–Crippen LogP) is 0.204. The molecule has 0 saturated heterocycles. The molecule has 0 amide bonds. The summed E-state index contributed by atoms with van der Waals surface area (Å²) in [5.41, 5.74) is 0.314. The smallest absolute Gasteiger partial charge is 0.356 e. The van der Waals surface area contributed by atoms with Crippen molar-refractivity contribution in [1.29, 1.82) is 0 Å². The van der Waals surface area contributed by atoms with Crippen LogP contribution in [0.2, 0.25) is 0 Å². The van der Waals surface area contributed by atoms with Crippen molar-refractivity contribution in [3.63, 3.8) is 0 Å². The van der Waals surface area contributed by atoms with Gasteiger partial charge in [-0.1, -0.05) is 0 Å². The molecule has 17 heavy (non-hydrogen) atoms. The van der Waals surface area contributed by atoms with Gasteiger partial charge in [-0.2, -0.15) is 0 Å². The Morgan fingerprint density at radius 2 is 2.06 bits per heavy atom. The molecule has 7 nitrogen and oxygen atoms in total. The van der Waals surface area contributed by atoms with Gasteiger partial charge in [-0.25, -0.2) is 4.79 Å². The van der Waals surface area contributed by atoms with Crippen molar-refractivity contribution >= 4 is 5.97 Å². The number of hydrogen-bond donors (Lipinski definition) is 0. The number of aromatic nitrogens is 2. The average molecular weight is 244 g/mol. The Bertz CT molecular complexity index is 373. The van der Waals surface area contributed by atoms with E-state index in [2.05, 4.69) is 9.84 Å². The Balaban J connectivity index is 2.64. The fourth-order valence-corrected chi connectivity index (χ4v) is 1.19. The monoisotopic (exact) mass is 244 g/mol. The van der Waals surface area contributed by atoms with Gasteiger partial charge in [-0.15, -0.1) is 5.10 Å². The number of carbonyl (C=O) groups excluding carboxylic acids is 1. The van der Waals surface area contributed by atoms with E-state index in [1.807, 2.05) is 0 Å². The molecule has 0 bridgehead atoms. The van der Waals surface area contributed by atoms with E-state index in [9.17, 15) is 4.79 Å². The number of nitrogens with zero attached hydrogens (tertiary/aromatic N) is 2. The number of rotatable bonds is 6. The van der Waals surface area contributed by atoms with Crippen LogP contribution in [0.25, 0.3) is 0 Å². The highest BCUT2D eigenvalue weighted by atomic mass is 16.7. The Hall–Kier alpha value is -1.60. The highest BCUT2D eigenvalue weighted by Gasteiger charge is 2.15. The summed E-state index contributed by atoms with van der Waals surface area (Å²) >= 11 is 0. The minimum Gasteiger partial charge on any atom is -0.471 e. The normalized spacial score (nSPS) is 10.6. The topological polar surface area (TPSA) is 71.8 Å². The fourth-order valence-electron chi connectivity index (χ4n) is 1.19. The van der Waals surface area contributed by atoms with Crippen LogP contribution in [0.15, 0.2) is 6.07 Å². The summed E-state index contributed by atoms with van der Waals surface area (Å²) in [6, 6.07) is 1.49. The minimum absolute atomic E-state index is 0.185. The van der Waals surface area contributed by atoms with Crippen LogP contribution in [-0.2, 0) is 21.3 Å². The maximum Gasteiger partial charge on any atom is 0.356 e. The summed E-state index contributed by atoms with van der Waals surface area (Å²) in [6.07, 6.45) is -0.474. The number of esters is 1. The first kappa shape index (κ1) is 13.5. The van der Waals surface area contributed by atoms with Crippen molar-refractivity contribution in [3.05, 3.63) is 11.8 Å². The molecule has 96 valence electrons. The molecule has 1 heterocycles. The number of hydrogen-bond acceptors (Lipinski definition) is 6. The third-order valence-corrected chi connectivity index (χ3v) is 2.15. The quantitative estimate of drug-likeness (QED) is 0.526. The van der Waals surface area contributed by atoms with Gasteiger partial charge < -0.3 is 18.9 Å². The van der Waals surface area contributed by atoms with E-state index in [0.29, 0.717) is 11.6 Å². The standard InChI is InChI=1S/C10H16N2O5/c1-12-7(10(13)16-4)5-8(11-12)17-6-9(14-2)15-3/h5,9H,6H2,1-4H3. The zero-order valence-electron chi connectivity index (χ0n) is 10.3. The molecular weight excluding hydrogens is 228 g/mol. The second-order valence-corrected chi connectivity index (χ2v) is 3.19. The molecule has 0 aliphatic heterocycles. The van der Waals surface area contributed by atoms with Gasteiger partial charge in [0.15, 0.2) is 6.29 Å². The van der Waals surface area contributed by atoms with Gasteiger partial charge in [-0.3, -0.25) is 4.68 Å². The van der Waals surface area contributed by atoms with Crippen LogP contribution < -0.4 is 4.74 Å². The molecule has 0 spiro atoms. The highest BCUT2D eigenvalue weighted by molar-refractivity contribution is 5.87. The van der Waals surface area contributed by atoms with Crippen molar-refractivity contribution in [2.75, 3.05) is 27.9 Å². The van der Waals surface area contributed by atoms with Crippen molar-refractivity contribution < 1.29 is 23.7 Å². The average Bonchev–Trinajstić information content (AvgIpc) is 2.71. The summed E-state index contributed by atoms with van der Waals surface area (Å²) in [5.74, 6) is -0.156. The van der Waals surface area contributed by atoms with E-state index >= 15 is 0 Å². The van der Waals surface area contributed by atoms with Gasteiger partial charge in [0.25, 0.3) is 0 Å². The number of carbonyl (C=O) groups is 1. The van der Waals surface area contributed by atoms with Gasteiger partial charge in [-0.05, 0) is 0 Å². The van der Waals surface area contributed by atoms with Crippen molar-refractivity contribution in [2.24, 2.45) is 7.05 Å². The lowest BCUT2D eigenvalue weighted by Crippen LogP contribution is -2.22. The van der Waals surface area contributed by atoms with E-state index < -0.39 is 12.3 Å². The maximum absolute atomic E-state index is 11.3. The summed E-state index contributed by atoms with van der Waals surface area (Å²) in [7, 11) is 5.95. The highest BCUT2D eigenvalue weighted by Crippen LogP contribution is 2.12. The second kappa shape index (κ2) is 6.21. The number of aryl methyl sites for hydroxylation is 1. The van der Waals surface area contributed by atoms with Crippen molar-refractivity contribution in [2.45, 2.75) is 6.29 Å². The van der Waals surface area contributed by atoms with E-state index in [0.717, 1.165) is 0 Å². The summed E-state index contributed by atoms with van der Waals surface area (Å²) in [6.45, 7) is 0.185. The minimum atomic E-state index is -0.474. The molecule has 1 aromatic rings. The molecule has 1 aromatic heterocycles. The predicted molar refractivity (Wildman–Crippen MR) is 57.8 cm³/mol. The molecule has 0 saturated carbocycles. The lowest BCUT2D eigenvalue weighted by molar-refractivity contribution is -0.122. The van der Waals surface area contributed by atoms with E-state index in [1.165, 1.54) is 32.1 Å². The molecule has 0 aromatic carbocycles. The Morgan fingerprint density at radius 3 is 2.59 bits per heavy atom. The van der Waals surface area contributed by atoms with Gasteiger partial charge in [0.2, 0.25) is 5.88 Å². The van der Waals surface area contributed by atoms with Crippen LogP contribution in [0.1, 0.15) is 10.5 Å². The maximum atomic E-state index is 11.3. The van der Waals surface area contributed by atoms with Gasteiger partial charge in [0.1, 0.15) is 12.3 Å². The summed E-state index contributed by atoms with van der Waals surface area (Å²) < 4.78 is 21.2. The van der Waals surface area contributed by atoms with Crippen LogP contribution in [0.5, 0.6) is 5.88 Å². The number of methoxy groups -OCH3 is 3. The van der Waals surface area contributed by atoms with Crippen molar-refractivity contribution in [3.8, 4) is 5.88 Å².